The van der Waals surface area contributed by atoms with Crippen molar-refractivity contribution in [1.82, 2.24) is 5.32 Å². The molecule has 18 heavy (non-hydrogen) atoms. The fourth-order valence-corrected chi connectivity index (χ4v) is 1.92. The van der Waals surface area contributed by atoms with Gasteiger partial charge in [-0.05, 0) is 36.5 Å². The molecule has 1 aliphatic carbocycles. The quantitative estimate of drug-likeness (QED) is 0.715. The molecule has 1 aromatic rings. The third kappa shape index (κ3) is 4.13. The maximum Gasteiger partial charge on any atom is 0.221 e. The molecule has 1 amide bonds. The van der Waals surface area contributed by atoms with Gasteiger partial charge in [0.1, 0.15) is 0 Å². The highest BCUT2D eigenvalue weighted by Gasteiger charge is 2.28. The minimum atomic E-state index is -0.205. The van der Waals surface area contributed by atoms with Gasteiger partial charge < -0.3 is 15.7 Å². The largest absolute Gasteiger partial charge is 0.392 e. The van der Waals surface area contributed by atoms with E-state index >= 15 is 0 Å². The Hall–Kier alpha value is -1.39. The van der Waals surface area contributed by atoms with Crippen LogP contribution in [0, 0.1) is 5.92 Å². The molecule has 0 saturated heterocycles. The SMILES string of the molecule is CC(=O)Nc1ccc(CNCC(O)C2CC2)cc1. The van der Waals surface area contributed by atoms with Gasteiger partial charge in [-0.25, -0.2) is 0 Å². The molecule has 2 rings (SSSR count). The van der Waals surface area contributed by atoms with Crippen LogP contribution in [0.4, 0.5) is 5.69 Å². The van der Waals surface area contributed by atoms with E-state index < -0.39 is 0 Å². The van der Waals surface area contributed by atoms with Gasteiger partial charge in [-0.3, -0.25) is 4.79 Å². The van der Waals surface area contributed by atoms with Crippen LogP contribution in [0.1, 0.15) is 25.3 Å². The Bertz CT molecular complexity index is 399. The predicted molar refractivity (Wildman–Crippen MR) is 71.2 cm³/mol. The van der Waals surface area contributed by atoms with Crippen molar-refractivity contribution in [2.45, 2.75) is 32.4 Å². The predicted octanol–water partition coefficient (Wildman–Crippen LogP) is 1.51. The van der Waals surface area contributed by atoms with Crippen LogP contribution in [0.3, 0.4) is 0 Å². The Balaban J connectivity index is 1.73. The lowest BCUT2D eigenvalue weighted by Crippen LogP contribution is -2.27. The van der Waals surface area contributed by atoms with Crippen molar-refractivity contribution in [2.75, 3.05) is 11.9 Å². The fraction of sp³-hybridized carbons (Fsp3) is 0.500. The third-order valence-electron chi connectivity index (χ3n) is 3.12. The molecule has 1 atom stereocenters. The lowest BCUT2D eigenvalue weighted by Gasteiger charge is -2.11. The highest BCUT2D eigenvalue weighted by Crippen LogP contribution is 2.32. The smallest absolute Gasteiger partial charge is 0.221 e. The zero-order valence-corrected chi connectivity index (χ0v) is 10.6. The van der Waals surface area contributed by atoms with E-state index in [1.807, 2.05) is 24.3 Å². The minimum absolute atomic E-state index is 0.0616. The van der Waals surface area contributed by atoms with Crippen LogP contribution < -0.4 is 10.6 Å². The van der Waals surface area contributed by atoms with Crippen molar-refractivity contribution in [3.05, 3.63) is 29.8 Å². The van der Waals surface area contributed by atoms with Crippen LogP contribution in [0.15, 0.2) is 24.3 Å². The van der Waals surface area contributed by atoms with Crippen molar-refractivity contribution in [1.29, 1.82) is 0 Å². The summed E-state index contributed by atoms with van der Waals surface area (Å²) in [5, 5.41) is 15.7. The van der Waals surface area contributed by atoms with Crippen LogP contribution in [-0.4, -0.2) is 23.7 Å². The van der Waals surface area contributed by atoms with Crippen LogP contribution in [0.25, 0.3) is 0 Å². The second-order valence-electron chi connectivity index (χ2n) is 4.91. The molecule has 1 aromatic carbocycles. The van der Waals surface area contributed by atoms with E-state index in [1.54, 1.807) is 0 Å². The average molecular weight is 248 g/mol. The van der Waals surface area contributed by atoms with Crippen molar-refractivity contribution in [2.24, 2.45) is 5.92 Å². The minimum Gasteiger partial charge on any atom is -0.392 e. The number of aliphatic hydroxyl groups is 1. The molecule has 0 radical (unpaired) electrons. The molecule has 1 fully saturated rings. The molecule has 0 bridgehead atoms. The van der Waals surface area contributed by atoms with E-state index in [1.165, 1.54) is 6.92 Å². The molecule has 1 unspecified atom stereocenters. The highest BCUT2D eigenvalue weighted by atomic mass is 16.3. The number of amides is 1. The van der Waals surface area contributed by atoms with Crippen LogP contribution in [-0.2, 0) is 11.3 Å². The molecule has 1 saturated carbocycles. The summed E-state index contributed by atoms with van der Waals surface area (Å²) >= 11 is 0. The second kappa shape index (κ2) is 5.98. The van der Waals surface area contributed by atoms with Gasteiger partial charge in [-0.1, -0.05) is 12.1 Å². The molecule has 3 N–H and O–H groups in total. The lowest BCUT2D eigenvalue weighted by molar-refractivity contribution is -0.114. The van der Waals surface area contributed by atoms with Gasteiger partial charge in [-0.2, -0.15) is 0 Å². The number of hydrogen-bond acceptors (Lipinski definition) is 3. The van der Waals surface area contributed by atoms with Gasteiger partial charge in [0.2, 0.25) is 5.91 Å². The molecule has 4 heteroatoms. The molecule has 0 heterocycles. The molecule has 0 aromatic heterocycles. The number of rotatable bonds is 6. The third-order valence-corrected chi connectivity index (χ3v) is 3.12. The maximum absolute atomic E-state index is 10.9. The number of anilines is 1. The van der Waals surface area contributed by atoms with Crippen molar-refractivity contribution in [3.8, 4) is 0 Å². The first-order chi connectivity index (χ1) is 8.65. The van der Waals surface area contributed by atoms with Crippen molar-refractivity contribution in [3.63, 3.8) is 0 Å². The van der Waals surface area contributed by atoms with E-state index in [0.717, 1.165) is 30.6 Å². The van der Waals surface area contributed by atoms with Crippen molar-refractivity contribution < 1.29 is 9.90 Å². The van der Waals surface area contributed by atoms with E-state index in [-0.39, 0.29) is 12.0 Å². The number of carbonyl (C=O) groups excluding carboxylic acids is 1. The summed E-state index contributed by atoms with van der Waals surface area (Å²) in [7, 11) is 0. The van der Waals surface area contributed by atoms with Gasteiger partial charge in [0.05, 0.1) is 6.10 Å². The summed E-state index contributed by atoms with van der Waals surface area (Å²) in [5.74, 6) is 0.452. The number of carbonyl (C=O) groups is 1. The molecule has 1 aliphatic rings. The molecule has 4 nitrogen and oxygen atoms in total. The first-order valence-corrected chi connectivity index (χ1v) is 6.40. The summed E-state index contributed by atoms with van der Waals surface area (Å²) in [5.41, 5.74) is 1.95. The van der Waals surface area contributed by atoms with Gasteiger partial charge >= 0.3 is 0 Å². The second-order valence-corrected chi connectivity index (χ2v) is 4.91. The van der Waals surface area contributed by atoms with Crippen molar-refractivity contribution >= 4 is 11.6 Å². The summed E-state index contributed by atoms with van der Waals surface area (Å²) < 4.78 is 0. The number of benzene rings is 1. The molecule has 0 aliphatic heterocycles. The molecule has 0 spiro atoms. The Morgan fingerprint density at radius 2 is 2.06 bits per heavy atom. The summed E-state index contributed by atoms with van der Waals surface area (Å²) in [6.45, 7) is 2.89. The Kier molecular flexibility index (Phi) is 4.33. The van der Waals surface area contributed by atoms with Crippen LogP contribution >= 0.6 is 0 Å². The zero-order valence-electron chi connectivity index (χ0n) is 10.6. The average Bonchev–Trinajstić information content (AvgIpc) is 3.14. The van der Waals surface area contributed by atoms with Crippen LogP contribution in [0.2, 0.25) is 0 Å². The first kappa shape index (κ1) is 13.1. The topological polar surface area (TPSA) is 61.4 Å². The number of nitrogens with one attached hydrogen (secondary N) is 2. The fourth-order valence-electron chi connectivity index (χ4n) is 1.92. The Morgan fingerprint density at radius 1 is 1.39 bits per heavy atom. The summed E-state index contributed by atoms with van der Waals surface area (Å²) in [6, 6.07) is 7.72. The molecular weight excluding hydrogens is 228 g/mol. The number of aliphatic hydroxyl groups excluding tert-OH is 1. The lowest BCUT2D eigenvalue weighted by atomic mass is 10.2. The normalized spacial score (nSPS) is 16.3. The summed E-state index contributed by atoms with van der Waals surface area (Å²) in [4.78, 5) is 10.9. The first-order valence-electron chi connectivity index (χ1n) is 6.40. The standard InChI is InChI=1S/C14H20N2O2/c1-10(17)16-13-6-2-11(3-7-13)8-15-9-14(18)12-4-5-12/h2-3,6-7,12,14-15,18H,4-5,8-9H2,1H3,(H,16,17). The van der Waals surface area contributed by atoms with Gasteiger partial charge in [-0.15, -0.1) is 0 Å². The molecular formula is C14H20N2O2. The van der Waals surface area contributed by atoms with Crippen LogP contribution in [0.5, 0.6) is 0 Å². The van der Waals surface area contributed by atoms with E-state index in [4.69, 9.17) is 0 Å². The van der Waals surface area contributed by atoms with Gasteiger partial charge in [0, 0.05) is 25.7 Å². The Labute approximate surface area is 107 Å². The molecule has 98 valence electrons. The highest BCUT2D eigenvalue weighted by molar-refractivity contribution is 5.88. The van der Waals surface area contributed by atoms with Gasteiger partial charge in [0.25, 0.3) is 0 Å². The Morgan fingerprint density at radius 3 is 2.61 bits per heavy atom. The number of hydrogen-bond donors (Lipinski definition) is 3. The van der Waals surface area contributed by atoms with E-state index in [9.17, 15) is 9.90 Å². The van der Waals surface area contributed by atoms with E-state index in [0.29, 0.717) is 12.5 Å². The summed E-state index contributed by atoms with van der Waals surface area (Å²) in [6.07, 6.45) is 2.12. The monoisotopic (exact) mass is 248 g/mol. The zero-order chi connectivity index (χ0) is 13.0. The van der Waals surface area contributed by atoms with Gasteiger partial charge in [0.15, 0.2) is 0 Å². The maximum atomic E-state index is 10.9. The van der Waals surface area contributed by atoms with E-state index in [2.05, 4.69) is 10.6 Å².